The first kappa shape index (κ1) is 15.2. The van der Waals surface area contributed by atoms with Crippen molar-refractivity contribution >= 4 is 46.6 Å². The molecule has 0 saturated heterocycles. The van der Waals surface area contributed by atoms with E-state index in [1.165, 1.54) is 36.0 Å². The Morgan fingerprint density at radius 2 is 1.85 bits per heavy atom. The van der Waals surface area contributed by atoms with E-state index in [4.69, 9.17) is 23.2 Å². The molecule has 20 heavy (non-hydrogen) atoms. The van der Waals surface area contributed by atoms with Crippen LogP contribution in [0.15, 0.2) is 47.4 Å². The molecule has 0 atom stereocenters. The number of amides is 1. The van der Waals surface area contributed by atoms with Crippen molar-refractivity contribution in [2.75, 3.05) is 11.1 Å². The number of carbonyl (C=O) groups is 1. The molecule has 104 valence electrons. The summed E-state index contributed by atoms with van der Waals surface area (Å²) in [5.41, 5.74) is 0.550. The van der Waals surface area contributed by atoms with Gasteiger partial charge in [-0.05, 0) is 42.5 Å². The monoisotopic (exact) mass is 329 g/mol. The Bertz CT molecular complexity index is 619. The van der Waals surface area contributed by atoms with Crippen molar-refractivity contribution in [1.29, 1.82) is 0 Å². The van der Waals surface area contributed by atoms with Crippen molar-refractivity contribution in [3.05, 3.63) is 58.3 Å². The molecule has 0 aliphatic rings. The summed E-state index contributed by atoms with van der Waals surface area (Å²) in [6, 6.07) is 10.7. The molecule has 0 aromatic heterocycles. The summed E-state index contributed by atoms with van der Waals surface area (Å²) in [5.74, 6) is -0.349. The summed E-state index contributed by atoms with van der Waals surface area (Å²) in [6.45, 7) is 0. The zero-order chi connectivity index (χ0) is 14.5. The zero-order valence-corrected chi connectivity index (χ0v) is 12.5. The summed E-state index contributed by atoms with van der Waals surface area (Å²) < 4.78 is 12.7. The van der Waals surface area contributed by atoms with E-state index in [0.717, 1.165) is 4.90 Å². The number of carbonyl (C=O) groups excluding carboxylic acids is 1. The fraction of sp³-hybridized carbons (Fsp3) is 0.0714. The molecule has 2 rings (SSSR count). The van der Waals surface area contributed by atoms with E-state index in [-0.39, 0.29) is 17.5 Å². The number of rotatable bonds is 4. The van der Waals surface area contributed by atoms with Gasteiger partial charge in [-0.15, -0.1) is 11.8 Å². The number of halogens is 3. The Morgan fingerprint density at radius 3 is 2.55 bits per heavy atom. The number of nitrogens with one attached hydrogen (secondary N) is 1. The van der Waals surface area contributed by atoms with Crippen molar-refractivity contribution in [1.82, 2.24) is 0 Å². The first-order valence-electron chi connectivity index (χ1n) is 5.68. The molecule has 2 nitrogen and oxygen atoms in total. The molecule has 0 radical (unpaired) electrons. The zero-order valence-electron chi connectivity index (χ0n) is 10.2. The van der Waals surface area contributed by atoms with Gasteiger partial charge in [0, 0.05) is 15.6 Å². The standard InChI is InChI=1S/C14H10Cl2FNOS/c15-9-1-6-12(16)13(7-9)20-8-14(19)18-11-4-2-10(17)3-5-11/h1-7H,8H2,(H,18,19). The van der Waals surface area contributed by atoms with Crippen LogP contribution < -0.4 is 5.32 Å². The highest BCUT2D eigenvalue weighted by atomic mass is 35.5. The molecular weight excluding hydrogens is 320 g/mol. The third-order valence-corrected chi connectivity index (χ3v) is 4.11. The first-order chi connectivity index (χ1) is 9.54. The van der Waals surface area contributed by atoms with Crippen LogP contribution in [0.1, 0.15) is 0 Å². The molecule has 0 fully saturated rings. The maximum atomic E-state index is 12.7. The lowest BCUT2D eigenvalue weighted by Gasteiger charge is -2.06. The molecule has 0 unspecified atom stereocenters. The third kappa shape index (κ3) is 4.40. The Balaban J connectivity index is 1.92. The van der Waals surface area contributed by atoms with E-state index in [0.29, 0.717) is 15.7 Å². The molecule has 2 aromatic carbocycles. The molecule has 0 heterocycles. The van der Waals surface area contributed by atoms with Crippen LogP contribution in [0.4, 0.5) is 10.1 Å². The largest absolute Gasteiger partial charge is 0.325 e. The smallest absolute Gasteiger partial charge is 0.234 e. The Labute approximate surface area is 130 Å². The Kier molecular flexibility index (Phi) is 5.29. The van der Waals surface area contributed by atoms with Gasteiger partial charge in [-0.25, -0.2) is 4.39 Å². The first-order valence-corrected chi connectivity index (χ1v) is 7.42. The van der Waals surface area contributed by atoms with Crippen LogP contribution in [0, 0.1) is 5.82 Å². The minimum atomic E-state index is -0.344. The third-order valence-electron chi connectivity index (χ3n) is 2.38. The molecule has 0 bridgehead atoms. The molecule has 2 aromatic rings. The van der Waals surface area contributed by atoms with E-state index in [1.807, 2.05) is 0 Å². The average molecular weight is 330 g/mol. The van der Waals surface area contributed by atoms with Crippen molar-refractivity contribution < 1.29 is 9.18 Å². The quantitative estimate of drug-likeness (QED) is 0.811. The second-order valence-electron chi connectivity index (χ2n) is 3.92. The van der Waals surface area contributed by atoms with Gasteiger partial charge in [-0.1, -0.05) is 23.2 Å². The molecule has 0 aliphatic heterocycles. The SMILES string of the molecule is O=C(CSc1cc(Cl)ccc1Cl)Nc1ccc(F)cc1. The van der Waals surface area contributed by atoms with Crippen LogP contribution >= 0.6 is 35.0 Å². The van der Waals surface area contributed by atoms with E-state index < -0.39 is 0 Å². The molecule has 0 saturated carbocycles. The van der Waals surface area contributed by atoms with Crippen molar-refractivity contribution in [2.24, 2.45) is 0 Å². The second kappa shape index (κ2) is 6.97. The summed E-state index contributed by atoms with van der Waals surface area (Å²) in [7, 11) is 0. The normalized spacial score (nSPS) is 10.3. The fourth-order valence-corrected chi connectivity index (χ4v) is 2.75. The van der Waals surface area contributed by atoms with Gasteiger partial charge < -0.3 is 5.32 Å². The highest BCUT2D eigenvalue weighted by Crippen LogP contribution is 2.29. The predicted octanol–water partition coefficient (Wildman–Crippen LogP) is 4.86. The predicted molar refractivity (Wildman–Crippen MR) is 82.2 cm³/mol. The van der Waals surface area contributed by atoms with Gasteiger partial charge in [0.25, 0.3) is 0 Å². The Hall–Kier alpha value is -1.23. The van der Waals surface area contributed by atoms with E-state index in [9.17, 15) is 9.18 Å². The van der Waals surface area contributed by atoms with Gasteiger partial charge in [0.05, 0.1) is 10.8 Å². The lowest BCUT2D eigenvalue weighted by Crippen LogP contribution is -2.13. The second-order valence-corrected chi connectivity index (χ2v) is 5.78. The van der Waals surface area contributed by atoms with Crippen LogP contribution in [-0.2, 0) is 4.79 Å². The van der Waals surface area contributed by atoms with E-state index in [1.54, 1.807) is 18.2 Å². The van der Waals surface area contributed by atoms with E-state index in [2.05, 4.69) is 5.32 Å². The van der Waals surface area contributed by atoms with E-state index >= 15 is 0 Å². The number of thioether (sulfide) groups is 1. The molecular formula is C14H10Cl2FNOS. The van der Waals surface area contributed by atoms with Crippen LogP contribution in [0.3, 0.4) is 0 Å². The topological polar surface area (TPSA) is 29.1 Å². The number of hydrogen-bond acceptors (Lipinski definition) is 2. The van der Waals surface area contributed by atoms with Crippen molar-refractivity contribution in [2.45, 2.75) is 4.90 Å². The molecule has 0 aliphatic carbocycles. The molecule has 6 heteroatoms. The fourth-order valence-electron chi connectivity index (χ4n) is 1.46. The summed E-state index contributed by atoms with van der Waals surface area (Å²) in [6.07, 6.45) is 0. The van der Waals surface area contributed by atoms with Gasteiger partial charge in [-0.3, -0.25) is 4.79 Å². The lowest BCUT2D eigenvalue weighted by molar-refractivity contribution is -0.113. The van der Waals surface area contributed by atoms with Gasteiger partial charge in [0.15, 0.2) is 0 Å². The van der Waals surface area contributed by atoms with Gasteiger partial charge in [0.1, 0.15) is 5.82 Å². The lowest BCUT2D eigenvalue weighted by atomic mass is 10.3. The summed E-state index contributed by atoms with van der Waals surface area (Å²) in [4.78, 5) is 12.5. The minimum Gasteiger partial charge on any atom is -0.325 e. The highest BCUT2D eigenvalue weighted by Gasteiger charge is 2.07. The average Bonchev–Trinajstić information content (AvgIpc) is 2.42. The maximum Gasteiger partial charge on any atom is 0.234 e. The minimum absolute atomic E-state index is 0.192. The van der Waals surface area contributed by atoms with Gasteiger partial charge in [-0.2, -0.15) is 0 Å². The highest BCUT2D eigenvalue weighted by molar-refractivity contribution is 8.00. The number of benzene rings is 2. The van der Waals surface area contributed by atoms with Crippen LogP contribution in [0.25, 0.3) is 0 Å². The van der Waals surface area contributed by atoms with Gasteiger partial charge in [0.2, 0.25) is 5.91 Å². The molecule has 0 spiro atoms. The molecule has 1 amide bonds. The van der Waals surface area contributed by atoms with Crippen molar-refractivity contribution in [3.8, 4) is 0 Å². The maximum absolute atomic E-state index is 12.7. The van der Waals surface area contributed by atoms with Crippen LogP contribution in [-0.4, -0.2) is 11.7 Å². The molecule has 1 N–H and O–H groups in total. The van der Waals surface area contributed by atoms with Crippen LogP contribution in [0.5, 0.6) is 0 Å². The van der Waals surface area contributed by atoms with Crippen LogP contribution in [0.2, 0.25) is 10.0 Å². The number of anilines is 1. The van der Waals surface area contributed by atoms with Crippen molar-refractivity contribution in [3.63, 3.8) is 0 Å². The van der Waals surface area contributed by atoms with Gasteiger partial charge >= 0.3 is 0 Å². The summed E-state index contributed by atoms with van der Waals surface area (Å²) >= 11 is 13.2. The number of hydrogen-bond donors (Lipinski definition) is 1. The summed E-state index contributed by atoms with van der Waals surface area (Å²) in [5, 5.41) is 3.79. The Morgan fingerprint density at radius 1 is 1.15 bits per heavy atom.